The molecule has 0 N–H and O–H groups in total. The summed E-state index contributed by atoms with van der Waals surface area (Å²) in [6.45, 7) is 2.41. The first-order valence-electron chi connectivity index (χ1n) is 4.17. The number of rotatable bonds is 0. The number of carbonyl (C=O) groups excluding carboxylic acids is 2. The Kier molecular flexibility index (Phi) is 1.56. The summed E-state index contributed by atoms with van der Waals surface area (Å²) in [7, 11) is 0. The molecule has 2 aliphatic rings. The largest absolute Gasteiger partial charge is 0.447 e. The summed E-state index contributed by atoms with van der Waals surface area (Å²) in [6, 6.07) is 0.00810. The highest BCUT2D eigenvalue weighted by molar-refractivity contribution is 5.94. The summed E-state index contributed by atoms with van der Waals surface area (Å²) in [5.41, 5.74) is 0. The summed E-state index contributed by atoms with van der Waals surface area (Å²) in [6.07, 6.45) is 0.903. The predicted octanol–water partition coefficient (Wildman–Crippen LogP) is 0.764. The zero-order valence-electron chi connectivity index (χ0n) is 6.95. The second-order valence-corrected chi connectivity index (χ2v) is 3.54. The van der Waals surface area contributed by atoms with E-state index < -0.39 is 6.09 Å². The third kappa shape index (κ3) is 0.983. The lowest BCUT2D eigenvalue weighted by molar-refractivity contribution is -0.132. The highest BCUT2D eigenvalue weighted by atomic mass is 16.6. The number of hydrogen-bond donors (Lipinski definition) is 0. The van der Waals surface area contributed by atoms with Crippen LogP contribution in [0.2, 0.25) is 0 Å². The minimum absolute atomic E-state index is 0.00810. The van der Waals surface area contributed by atoms with E-state index in [0.717, 1.165) is 6.42 Å². The number of nitrogens with zero attached hydrogens (tertiary/aromatic N) is 1. The molecule has 1 unspecified atom stereocenters. The monoisotopic (exact) mass is 169 g/mol. The number of amides is 2. The van der Waals surface area contributed by atoms with Crippen molar-refractivity contribution < 1.29 is 14.3 Å². The van der Waals surface area contributed by atoms with E-state index in [9.17, 15) is 9.59 Å². The number of ether oxygens (including phenoxy) is 1. The minimum atomic E-state index is -0.461. The van der Waals surface area contributed by atoms with Gasteiger partial charge in [0.1, 0.15) is 6.61 Å². The van der Waals surface area contributed by atoms with Crippen LogP contribution in [0.15, 0.2) is 0 Å². The second-order valence-electron chi connectivity index (χ2n) is 3.54. The predicted molar refractivity (Wildman–Crippen MR) is 40.4 cm³/mol. The van der Waals surface area contributed by atoms with Crippen molar-refractivity contribution in [2.75, 3.05) is 6.61 Å². The third-order valence-electron chi connectivity index (χ3n) is 2.43. The molecule has 0 bridgehead atoms. The lowest BCUT2D eigenvalue weighted by Gasteiger charge is -2.28. The topological polar surface area (TPSA) is 46.6 Å². The lowest BCUT2D eigenvalue weighted by atomic mass is 9.93. The SMILES string of the molecule is CC1CC(=O)N2C(=O)OC[C@H]2C1. The van der Waals surface area contributed by atoms with Crippen molar-refractivity contribution in [3.05, 3.63) is 0 Å². The highest BCUT2D eigenvalue weighted by Crippen LogP contribution is 2.27. The average molecular weight is 169 g/mol. The smallest absolute Gasteiger partial charge is 0.416 e. The van der Waals surface area contributed by atoms with Crippen molar-refractivity contribution in [1.29, 1.82) is 0 Å². The van der Waals surface area contributed by atoms with Gasteiger partial charge in [0.2, 0.25) is 5.91 Å². The maximum absolute atomic E-state index is 11.3. The van der Waals surface area contributed by atoms with Crippen LogP contribution in [0.5, 0.6) is 0 Å². The van der Waals surface area contributed by atoms with E-state index in [4.69, 9.17) is 4.74 Å². The van der Waals surface area contributed by atoms with E-state index in [1.807, 2.05) is 6.92 Å². The zero-order chi connectivity index (χ0) is 8.72. The Labute approximate surface area is 70.5 Å². The van der Waals surface area contributed by atoms with Crippen LogP contribution in [0.3, 0.4) is 0 Å². The molecule has 0 aromatic heterocycles. The van der Waals surface area contributed by atoms with Crippen LogP contribution in [-0.2, 0) is 9.53 Å². The second kappa shape index (κ2) is 2.47. The summed E-state index contributed by atoms with van der Waals surface area (Å²) < 4.78 is 4.78. The Morgan fingerprint density at radius 3 is 3.00 bits per heavy atom. The molecule has 4 heteroatoms. The van der Waals surface area contributed by atoms with E-state index in [1.54, 1.807) is 0 Å². The number of piperidine rings is 1. The molecule has 2 heterocycles. The maximum atomic E-state index is 11.3. The number of hydrogen-bond acceptors (Lipinski definition) is 3. The summed E-state index contributed by atoms with van der Waals surface area (Å²) in [5.74, 6) is 0.300. The lowest BCUT2D eigenvalue weighted by Crippen LogP contribution is -2.44. The first kappa shape index (κ1) is 7.58. The van der Waals surface area contributed by atoms with Gasteiger partial charge in [-0.15, -0.1) is 0 Å². The molecule has 2 fully saturated rings. The standard InChI is InChI=1S/C8H11NO3/c1-5-2-6-4-12-8(11)9(6)7(10)3-5/h5-6H,2-4H2,1H3/t5?,6-/m1/s1. The number of imide groups is 1. The van der Waals surface area contributed by atoms with E-state index in [2.05, 4.69) is 0 Å². The fourth-order valence-corrected chi connectivity index (χ4v) is 1.88. The molecule has 2 atom stereocenters. The van der Waals surface area contributed by atoms with Gasteiger partial charge in [-0.3, -0.25) is 4.79 Å². The van der Waals surface area contributed by atoms with Crippen molar-refractivity contribution in [3.63, 3.8) is 0 Å². The van der Waals surface area contributed by atoms with E-state index >= 15 is 0 Å². The van der Waals surface area contributed by atoms with Gasteiger partial charge in [-0.25, -0.2) is 9.69 Å². The van der Waals surface area contributed by atoms with Crippen LogP contribution >= 0.6 is 0 Å². The minimum Gasteiger partial charge on any atom is -0.447 e. The summed E-state index contributed by atoms with van der Waals surface area (Å²) in [5, 5.41) is 0. The van der Waals surface area contributed by atoms with Crippen LogP contribution in [0, 0.1) is 5.92 Å². The first-order valence-corrected chi connectivity index (χ1v) is 4.17. The van der Waals surface area contributed by atoms with Gasteiger partial charge in [-0.1, -0.05) is 6.92 Å². The Morgan fingerprint density at radius 2 is 2.25 bits per heavy atom. The van der Waals surface area contributed by atoms with Crippen molar-refractivity contribution in [2.24, 2.45) is 5.92 Å². The maximum Gasteiger partial charge on any atom is 0.416 e. The molecule has 2 amide bonds. The van der Waals surface area contributed by atoms with Crippen molar-refractivity contribution in [3.8, 4) is 0 Å². The molecule has 0 aromatic carbocycles. The van der Waals surface area contributed by atoms with Crippen LogP contribution in [0.1, 0.15) is 19.8 Å². The van der Waals surface area contributed by atoms with Crippen LogP contribution < -0.4 is 0 Å². The van der Waals surface area contributed by atoms with Crippen LogP contribution in [0.25, 0.3) is 0 Å². The number of fused-ring (bicyclic) bond motifs is 1. The molecule has 66 valence electrons. The van der Waals surface area contributed by atoms with Gasteiger partial charge in [0.15, 0.2) is 0 Å². The zero-order valence-corrected chi connectivity index (χ0v) is 6.95. The van der Waals surface area contributed by atoms with Crippen molar-refractivity contribution in [1.82, 2.24) is 4.90 Å². The van der Waals surface area contributed by atoms with Gasteiger partial charge in [-0.2, -0.15) is 0 Å². The van der Waals surface area contributed by atoms with Gasteiger partial charge in [0, 0.05) is 6.42 Å². The normalized spacial score (nSPS) is 34.9. The molecule has 0 radical (unpaired) electrons. The molecule has 0 aliphatic carbocycles. The molecule has 2 saturated heterocycles. The molecule has 0 spiro atoms. The van der Waals surface area contributed by atoms with E-state index in [0.29, 0.717) is 18.9 Å². The highest BCUT2D eigenvalue weighted by Gasteiger charge is 2.42. The third-order valence-corrected chi connectivity index (χ3v) is 2.43. The average Bonchev–Trinajstić information content (AvgIpc) is 2.31. The van der Waals surface area contributed by atoms with Gasteiger partial charge >= 0.3 is 6.09 Å². The molecule has 4 nitrogen and oxygen atoms in total. The van der Waals surface area contributed by atoms with Gasteiger partial charge in [0.05, 0.1) is 6.04 Å². The molecule has 12 heavy (non-hydrogen) atoms. The van der Waals surface area contributed by atoms with E-state index in [1.165, 1.54) is 4.90 Å². The molecule has 2 rings (SSSR count). The van der Waals surface area contributed by atoms with Gasteiger partial charge in [-0.05, 0) is 12.3 Å². The fraction of sp³-hybridized carbons (Fsp3) is 0.750. The molecular formula is C8H11NO3. The molecule has 2 aliphatic heterocycles. The fourth-order valence-electron chi connectivity index (χ4n) is 1.88. The molecular weight excluding hydrogens is 158 g/mol. The molecule has 0 saturated carbocycles. The summed E-state index contributed by atoms with van der Waals surface area (Å²) >= 11 is 0. The van der Waals surface area contributed by atoms with E-state index in [-0.39, 0.29) is 11.9 Å². The molecule has 0 aromatic rings. The van der Waals surface area contributed by atoms with Gasteiger partial charge < -0.3 is 4.74 Å². The van der Waals surface area contributed by atoms with Gasteiger partial charge in [0.25, 0.3) is 0 Å². The Bertz CT molecular complexity index is 238. The first-order chi connectivity index (χ1) is 5.68. The Morgan fingerprint density at radius 1 is 1.50 bits per heavy atom. The number of carbonyl (C=O) groups is 2. The summed E-state index contributed by atoms with van der Waals surface area (Å²) in [4.78, 5) is 23.6. The van der Waals surface area contributed by atoms with Crippen LogP contribution in [0.4, 0.5) is 4.79 Å². The Hall–Kier alpha value is -1.06. The van der Waals surface area contributed by atoms with Crippen molar-refractivity contribution in [2.45, 2.75) is 25.8 Å². The Balaban J connectivity index is 2.19. The van der Waals surface area contributed by atoms with Crippen LogP contribution in [-0.4, -0.2) is 29.5 Å². The quantitative estimate of drug-likeness (QED) is 0.538. The van der Waals surface area contributed by atoms with Crippen molar-refractivity contribution >= 4 is 12.0 Å². The number of cyclic esters (lactones) is 1.